The van der Waals surface area contributed by atoms with E-state index in [1.165, 1.54) is 4.68 Å². The van der Waals surface area contributed by atoms with Gasteiger partial charge in [0, 0.05) is 26.3 Å². The molecule has 0 atom stereocenters. The van der Waals surface area contributed by atoms with Gasteiger partial charge in [-0.1, -0.05) is 37.6 Å². The van der Waals surface area contributed by atoms with Crippen LogP contribution in [0, 0.1) is 6.92 Å². The Morgan fingerprint density at radius 3 is 2.46 bits per heavy atom. The number of carbonyl (C=O) groups is 1. The van der Waals surface area contributed by atoms with Crippen LogP contribution in [-0.2, 0) is 4.79 Å². The Morgan fingerprint density at radius 1 is 1.04 bits per heavy atom. The Labute approximate surface area is 300 Å². The van der Waals surface area contributed by atoms with E-state index < -0.39 is 0 Å². The first kappa shape index (κ1) is 35.1. The number of amides is 1. The molecule has 0 aliphatic carbocycles. The predicted octanol–water partition coefficient (Wildman–Crippen LogP) is 8.98. The van der Waals surface area contributed by atoms with Gasteiger partial charge in [-0.15, -0.1) is 0 Å². The summed E-state index contributed by atoms with van der Waals surface area (Å²) in [6.07, 6.45) is 1.55. The number of benzene rings is 4. The maximum Gasteiger partial charge on any atom is 0.282 e. The number of carbonyl (C=O) groups excluding carboxylic acids is 1. The molecule has 1 aromatic heterocycles. The lowest BCUT2D eigenvalue weighted by atomic mass is 9.96. The lowest BCUT2D eigenvalue weighted by Crippen LogP contribution is -2.21. The van der Waals surface area contributed by atoms with Crippen LogP contribution in [0.15, 0.2) is 85.6 Å². The van der Waals surface area contributed by atoms with E-state index in [1.807, 2.05) is 38.1 Å². The van der Waals surface area contributed by atoms with Gasteiger partial charge >= 0.3 is 0 Å². The third-order valence-electron chi connectivity index (χ3n) is 7.44. The van der Waals surface area contributed by atoms with Gasteiger partial charge in [0.25, 0.3) is 11.5 Å². The highest BCUT2D eigenvalue weighted by Crippen LogP contribution is 2.42. The van der Waals surface area contributed by atoms with Crippen LogP contribution in [0.3, 0.4) is 0 Å². The third-order valence-corrected chi connectivity index (χ3v) is 9.83. The molecule has 1 heterocycles. The maximum absolute atomic E-state index is 13.9. The second-order valence-electron chi connectivity index (χ2n) is 11.1. The molecule has 0 spiro atoms. The number of fused-ring (bicyclic) bond motifs is 1. The van der Waals surface area contributed by atoms with Gasteiger partial charge in [0.1, 0.15) is 5.75 Å². The Kier molecular flexibility index (Phi) is 11.2. The molecule has 1 N–H and O–H groups in total. The van der Waals surface area contributed by atoms with E-state index in [0.29, 0.717) is 60.1 Å². The number of hydrogen-bond donors (Lipinski definition) is 1. The Hall–Kier alpha value is -4.19. The van der Waals surface area contributed by atoms with Crippen molar-refractivity contribution in [2.24, 2.45) is 5.10 Å². The van der Waals surface area contributed by atoms with E-state index in [2.05, 4.69) is 56.1 Å². The van der Waals surface area contributed by atoms with Gasteiger partial charge in [-0.2, -0.15) is 9.78 Å². The molecule has 0 unspecified atom stereocenters. The third kappa shape index (κ3) is 7.59. The minimum Gasteiger partial charge on any atom is -0.496 e. The van der Waals surface area contributed by atoms with E-state index in [-0.39, 0.29) is 24.0 Å². The fourth-order valence-electron chi connectivity index (χ4n) is 5.06. The van der Waals surface area contributed by atoms with Crippen molar-refractivity contribution >= 4 is 72.2 Å². The highest BCUT2D eigenvalue weighted by Gasteiger charge is 2.21. The molecule has 0 bridgehead atoms. The number of methoxy groups -OCH3 is 1. The number of nitrogens with zero attached hydrogens (tertiary/aromatic N) is 3. The summed E-state index contributed by atoms with van der Waals surface area (Å²) in [5.41, 5.74) is 4.05. The van der Waals surface area contributed by atoms with Crippen molar-refractivity contribution in [3.05, 3.63) is 108 Å². The molecule has 248 valence electrons. The number of rotatable bonds is 11. The van der Waals surface area contributed by atoms with Crippen LogP contribution in [0.4, 0.5) is 5.69 Å². The summed E-state index contributed by atoms with van der Waals surface area (Å²) >= 11 is 13.2. The van der Waals surface area contributed by atoms with Crippen LogP contribution in [0.2, 0.25) is 5.02 Å². The molecule has 0 aliphatic rings. The van der Waals surface area contributed by atoms with Gasteiger partial charge in [-0.05, 0) is 117 Å². The van der Waals surface area contributed by atoms with Gasteiger partial charge in [0.05, 0.1) is 35.3 Å². The molecule has 9 nitrogen and oxygen atoms in total. The average molecular weight is 797 g/mol. The lowest BCUT2D eigenvalue weighted by Gasteiger charge is -2.18. The SMILES string of the molecule is CCOc1cc(C=Nn2c(-c3cc(C(C)C)c(OC)cc3C)nc3ccccc3c2=O)c(Br)c(Br)c1OCC(=O)Nc1ccc(Cl)cc1. The van der Waals surface area contributed by atoms with Gasteiger partial charge in [0.2, 0.25) is 0 Å². The lowest BCUT2D eigenvalue weighted by molar-refractivity contribution is -0.118. The van der Waals surface area contributed by atoms with Crippen molar-refractivity contribution in [3.63, 3.8) is 0 Å². The Balaban J connectivity index is 1.55. The topological polar surface area (TPSA) is 104 Å². The standard InChI is InChI=1S/C36H33Br2ClN4O5/c1-6-47-30-16-22(32(37)33(38)34(30)48-19-31(44)41-24-13-11-23(39)12-14-24)18-40-43-35(42-28-10-8-7-9-25(28)36(43)45)27-17-26(20(2)3)29(46-5)15-21(27)4/h7-18,20H,6,19H2,1-5H3,(H,41,44). The number of aryl methyl sites for hydroxylation is 1. The number of aromatic nitrogens is 2. The summed E-state index contributed by atoms with van der Waals surface area (Å²) in [5.74, 6) is 1.67. The van der Waals surface area contributed by atoms with Crippen LogP contribution < -0.4 is 25.1 Å². The van der Waals surface area contributed by atoms with Gasteiger partial charge in [0.15, 0.2) is 23.9 Å². The number of para-hydroxylation sites is 1. The molecular weight excluding hydrogens is 764 g/mol. The zero-order valence-electron chi connectivity index (χ0n) is 26.9. The molecule has 0 fully saturated rings. The van der Waals surface area contributed by atoms with Crippen molar-refractivity contribution in [2.45, 2.75) is 33.6 Å². The summed E-state index contributed by atoms with van der Waals surface area (Å²) in [6, 6.07) is 19.7. The predicted molar refractivity (Wildman–Crippen MR) is 198 cm³/mol. The molecule has 12 heteroatoms. The van der Waals surface area contributed by atoms with E-state index in [4.69, 9.17) is 30.8 Å². The van der Waals surface area contributed by atoms with Crippen molar-refractivity contribution < 1.29 is 19.0 Å². The average Bonchev–Trinajstić information content (AvgIpc) is 3.07. The second-order valence-corrected chi connectivity index (χ2v) is 13.1. The van der Waals surface area contributed by atoms with E-state index in [0.717, 1.165) is 22.4 Å². The van der Waals surface area contributed by atoms with E-state index in [1.54, 1.807) is 55.8 Å². The Bertz CT molecular complexity index is 2080. The smallest absolute Gasteiger partial charge is 0.282 e. The highest BCUT2D eigenvalue weighted by molar-refractivity contribution is 9.13. The van der Waals surface area contributed by atoms with Crippen molar-refractivity contribution in [3.8, 4) is 28.6 Å². The van der Waals surface area contributed by atoms with Crippen LogP contribution in [0.5, 0.6) is 17.2 Å². The number of halogens is 3. The minimum absolute atomic E-state index is 0.165. The van der Waals surface area contributed by atoms with Crippen molar-refractivity contribution in [1.82, 2.24) is 9.66 Å². The number of hydrogen-bond acceptors (Lipinski definition) is 7. The molecule has 5 aromatic rings. The molecule has 5 rings (SSSR count). The number of ether oxygens (including phenoxy) is 3. The zero-order chi connectivity index (χ0) is 34.5. The van der Waals surface area contributed by atoms with Gasteiger partial charge in [-0.25, -0.2) is 4.98 Å². The molecule has 0 radical (unpaired) electrons. The van der Waals surface area contributed by atoms with E-state index in [9.17, 15) is 9.59 Å². The monoisotopic (exact) mass is 794 g/mol. The maximum atomic E-state index is 13.9. The summed E-state index contributed by atoms with van der Waals surface area (Å²) in [5, 5.41) is 8.46. The van der Waals surface area contributed by atoms with Crippen LogP contribution in [0.25, 0.3) is 22.3 Å². The molecule has 0 saturated heterocycles. The molecule has 48 heavy (non-hydrogen) atoms. The fourth-order valence-corrected chi connectivity index (χ4v) is 6.12. The first-order valence-corrected chi connectivity index (χ1v) is 17.1. The van der Waals surface area contributed by atoms with E-state index >= 15 is 0 Å². The molecule has 4 aromatic carbocycles. The van der Waals surface area contributed by atoms with Crippen molar-refractivity contribution in [1.29, 1.82) is 0 Å². The molecule has 0 aliphatic heterocycles. The van der Waals surface area contributed by atoms with Gasteiger partial charge < -0.3 is 19.5 Å². The number of nitrogens with one attached hydrogen (secondary N) is 1. The second kappa shape index (κ2) is 15.4. The normalized spacial score (nSPS) is 11.4. The van der Waals surface area contributed by atoms with Crippen LogP contribution >= 0.6 is 43.5 Å². The first-order chi connectivity index (χ1) is 23.0. The number of anilines is 1. The summed E-state index contributed by atoms with van der Waals surface area (Å²) < 4.78 is 19.9. The van der Waals surface area contributed by atoms with Gasteiger partial charge in [-0.3, -0.25) is 9.59 Å². The quantitative estimate of drug-likeness (QED) is 0.134. The highest BCUT2D eigenvalue weighted by atomic mass is 79.9. The summed E-state index contributed by atoms with van der Waals surface area (Å²) in [6.45, 7) is 8.03. The fraction of sp³-hybridized carbons (Fsp3) is 0.222. The summed E-state index contributed by atoms with van der Waals surface area (Å²) in [7, 11) is 1.65. The Morgan fingerprint density at radius 2 is 1.77 bits per heavy atom. The van der Waals surface area contributed by atoms with Crippen LogP contribution in [0.1, 0.15) is 43.4 Å². The minimum atomic E-state index is -0.362. The first-order valence-electron chi connectivity index (χ1n) is 15.1. The molecule has 0 saturated carbocycles. The zero-order valence-corrected chi connectivity index (χ0v) is 30.9. The van der Waals surface area contributed by atoms with Crippen molar-refractivity contribution in [2.75, 3.05) is 25.6 Å². The summed E-state index contributed by atoms with van der Waals surface area (Å²) in [4.78, 5) is 31.5. The molecular formula is C36H33Br2ClN4O5. The largest absolute Gasteiger partial charge is 0.496 e. The molecule has 1 amide bonds. The van der Waals surface area contributed by atoms with Crippen LogP contribution in [-0.4, -0.2) is 42.1 Å².